The van der Waals surface area contributed by atoms with Crippen molar-refractivity contribution >= 4 is 99.9 Å². The molecule has 12 aromatic rings. The maximum absolute atomic E-state index is 6.28. The van der Waals surface area contributed by atoms with Crippen molar-refractivity contribution < 1.29 is 8.83 Å². The summed E-state index contributed by atoms with van der Waals surface area (Å²) < 4.78 is 17.4. The van der Waals surface area contributed by atoms with Crippen LogP contribution in [0.15, 0.2) is 179 Å². The van der Waals surface area contributed by atoms with Gasteiger partial charge in [0.15, 0.2) is 5.58 Å². The number of pyridine rings is 1. The highest BCUT2D eigenvalue weighted by molar-refractivity contribution is 6.20. The number of hydrogen-bond donors (Lipinski definition) is 0. The first-order valence-electron chi connectivity index (χ1n) is 20.6. The first-order valence-corrected chi connectivity index (χ1v) is 20.6. The first-order chi connectivity index (χ1) is 29.6. The minimum Gasteiger partial charge on any atom is -0.456 e. The summed E-state index contributed by atoms with van der Waals surface area (Å²) >= 11 is 0. The second-order valence-electron chi connectivity index (χ2n) is 16.5. The van der Waals surface area contributed by atoms with E-state index in [0.29, 0.717) is 0 Å². The molecule has 60 heavy (non-hydrogen) atoms. The molecule has 14 rings (SSSR count). The predicted molar refractivity (Wildman–Crippen MR) is 244 cm³/mol. The lowest BCUT2D eigenvalue weighted by Gasteiger charge is -2.31. The number of rotatable bonds is 3. The number of anilines is 2. The largest absolute Gasteiger partial charge is 0.456 e. The number of aromatic nitrogens is 3. The summed E-state index contributed by atoms with van der Waals surface area (Å²) in [5, 5.41) is 9.44. The molecular formula is C54H34N4O2. The number of benzene rings is 7. The molecule has 1 aliphatic carbocycles. The van der Waals surface area contributed by atoms with Crippen molar-refractivity contribution in [3.63, 3.8) is 0 Å². The van der Waals surface area contributed by atoms with Gasteiger partial charge in [0.1, 0.15) is 22.3 Å². The quantitative estimate of drug-likeness (QED) is 0.180. The number of nitrogens with zero attached hydrogens (tertiary/aromatic N) is 4. The van der Waals surface area contributed by atoms with Crippen LogP contribution in [0.5, 0.6) is 0 Å². The lowest BCUT2D eigenvalue weighted by Crippen LogP contribution is -2.42. The van der Waals surface area contributed by atoms with Crippen LogP contribution in [-0.2, 0) is 5.41 Å². The number of fused-ring (bicyclic) bond motifs is 16. The Kier molecular flexibility index (Phi) is 6.12. The smallest absolute Gasteiger partial charge is 0.153 e. The highest BCUT2D eigenvalue weighted by atomic mass is 16.3. The van der Waals surface area contributed by atoms with Gasteiger partial charge in [-0.25, -0.2) is 0 Å². The van der Waals surface area contributed by atoms with Gasteiger partial charge in [0.05, 0.1) is 27.6 Å². The molecule has 282 valence electrons. The first kappa shape index (κ1) is 32.2. The van der Waals surface area contributed by atoms with Crippen LogP contribution in [0.4, 0.5) is 11.4 Å². The van der Waals surface area contributed by atoms with E-state index < -0.39 is 0 Å². The Bertz CT molecular complexity index is 3960. The standard InChI is InChI=1S/C54H34N4O2/c1-54-28-27-44-50(37-16-6-9-18-42(37)57(44)34-22-26-47-39(31-34)51-48(60-47)20-11-29-55-51)53(54)58(32-12-3-2-4-13-32)52-40(54)23-24-43-49(52)36-15-5-8-17-41(36)56(43)33-21-25-46-38(30-33)35-14-7-10-19-45(35)59-46/h2-27,29-31H,28H2,1H3. The summed E-state index contributed by atoms with van der Waals surface area (Å²) in [5.41, 5.74) is 14.8. The highest BCUT2D eigenvalue weighted by Crippen LogP contribution is 2.58. The predicted octanol–water partition coefficient (Wildman–Crippen LogP) is 12.3. The van der Waals surface area contributed by atoms with E-state index in [9.17, 15) is 0 Å². The maximum atomic E-state index is 6.28. The molecule has 5 aromatic heterocycles. The SMILES string of the molecule is CC12CC=c3c(c4ccccc4n3-c3ccc4oc5cccnc5c4c3)=C1N(c1ccccc1)c1c2ccc2c1c1ccccc1n2-c1ccc2oc3ccccc3c2c1. The van der Waals surface area contributed by atoms with Gasteiger partial charge >= 0.3 is 0 Å². The molecule has 6 heterocycles. The zero-order chi connectivity index (χ0) is 39.3. The lowest BCUT2D eigenvalue weighted by atomic mass is 9.75. The molecule has 0 saturated carbocycles. The molecule has 1 unspecified atom stereocenters. The van der Waals surface area contributed by atoms with Crippen molar-refractivity contribution in [2.24, 2.45) is 0 Å². The van der Waals surface area contributed by atoms with E-state index in [1.54, 1.807) is 0 Å². The fourth-order valence-corrected chi connectivity index (χ4v) is 10.8. The number of para-hydroxylation sites is 4. The molecule has 0 bridgehead atoms. The Morgan fingerprint density at radius 1 is 0.517 bits per heavy atom. The Morgan fingerprint density at radius 2 is 1.17 bits per heavy atom. The summed E-state index contributed by atoms with van der Waals surface area (Å²) in [6.07, 6.45) is 5.16. The zero-order valence-corrected chi connectivity index (χ0v) is 32.6. The van der Waals surface area contributed by atoms with E-state index in [1.165, 1.54) is 60.2 Å². The van der Waals surface area contributed by atoms with Gasteiger partial charge < -0.3 is 22.9 Å². The number of hydrogen-bond acceptors (Lipinski definition) is 4. The van der Waals surface area contributed by atoms with Gasteiger partial charge in [0.2, 0.25) is 0 Å². The summed E-state index contributed by atoms with van der Waals surface area (Å²) in [6.45, 7) is 2.45. The summed E-state index contributed by atoms with van der Waals surface area (Å²) in [5.74, 6) is 0. The van der Waals surface area contributed by atoms with Gasteiger partial charge in [-0.2, -0.15) is 0 Å². The molecule has 1 atom stereocenters. The minimum atomic E-state index is -0.312. The van der Waals surface area contributed by atoms with Gasteiger partial charge in [0, 0.05) is 71.9 Å². The summed E-state index contributed by atoms with van der Waals surface area (Å²) in [7, 11) is 0. The van der Waals surface area contributed by atoms with Crippen LogP contribution in [0.25, 0.3) is 99.9 Å². The summed E-state index contributed by atoms with van der Waals surface area (Å²) in [6, 6.07) is 58.9. The third-order valence-electron chi connectivity index (χ3n) is 13.3. The Hall–Kier alpha value is -7.83. The fraction of sp³-hybridized carbons (Fsp3) is 0.0556. The molecule has 7 aromatic carbocycles. The van der Waals surface area contributed by atoms with Crippen molar-refractivity contribution in [2.45, 2.75) is 18.8 Å². The lowest BCUT2D eigenvalue weighted by molar-refractivity contribution is 0.643. The number of furan rings is 2. The molecule has 6 nitrogen and oxygen atoms in total. The maximum Gasteiger partial charge on any atom is 0.153 e. The molecule has 0 saturated heterocycles. The highest BCUT2D eigenvalue weighted by Gasteiger charge is 2.47. The molecule has 0 fully saturated rings. The van der Waals surface area contributed by atoms with Crippen LogP contribution in [0.3, 0.4) is 0 Å². The topological polar surface area (TPSA) is 52.3 Å². The molecular weight excluding hydrogens is 737 g/mol. The Balaban J connectivity index is 1.09. The van der Waals surface area contributed by atoms with Gasteiger partial charge in [-0.05, 0) is 104 Å². The Labute approximate surface area is 342 Å². The van der Waals surface area contributed by atoms with Crippen LogP contribution in [0.2, 0.25) is 0 Å². The van der Waals surface area contributed by atoms with E-state index >= 15 is 0 Å². The van der Waals surface area contributed by atoms with E-state index in [2.05, 4.69) is 167 Å². The van der Waals surface area contributed by atoms with Gasteiger partial charge in [-0.15, -0.1) is 0 Å². The van der Waals surface area contributed by atoms with Crippen LogP contribution in [0, 0.1) is 0 Å². The monoisotopic (exact) mass is 770 g/mol. The van der Waals surface area contributed by atoms with E-state index in [0.717, 1.165) is 67.5 Å². The average Bonchev–Trinajstić information content (AvgIpc) is 4.09. The molecule has 0 radical (unpaired) electrons. The van der Waals surface area contributed by atoms with Crippen molar-refractivity contribution in [3.8, 4) is 11.4 Å². The molecule has 0 N–H and O–H groups in total. The minimum absolute atomic E-state index is 0.312. The van der Waals surface area contributed by atoms with Crippen LogP contribution in [0.1, 0.15) is 18.9 Å². The average molecular weight is 771 g/mol. The molecule has 0 amide bonds. The van der Waals surface area contributed by atoms with Crippen molar-refractivity contribution in [3.05, 3.63) is 186 Å². The zero-order valence-electron chi connectivity index (χ0n) is 32.6. The van der Waals surface area contributed by atoms with Crippen molar-refractivity contribution in [2.75, 3.05) is 4.90 Å². The molecule has 6 heteroatoms. The molecule has 0 spiro atoms. The Morgan fingerprint density at radius 3 is 2.02 bits per heavy atom. The third-order valence-corrected chi connectivity index (χ3v) is 13.3. The van der Waals surface area contributed by atoms with E-state index in [1.807, 2.05) is 30.5 Å². The van der Waals surface area contributed by atoms with Crippen molar-refractivity contribution in [1.82, 2.24) is 14.1 Å². The second-order valence-corrected chi connectivity index (χ2v) is 16.5. The van der Waals surface area contributed by atoms with Crippen LogP contribution < -0.4 is 15.5 Å². The molecule has 2 aliphatic rings. The van der Waals surface area contributed by atoms with Crippen LogP contribution >= 0.6 is 0 Å². The fourth-order valence-electron chi connectivity index (χ4n) is 10.8. The van der Waals surface area contributed by atoms with E-state index in [4.69, 9.17) is 13.8 Å². The van der Waals surface area contributed by atoms with Gasteiger partial charge in [-0.1, -0.05) is 84.9 Å². The summed E-state index contributed by atoms with van der Waals surface area (Å²) in [4.78, 5) is 7.32. The van der Waals surface area contributed by atoms with Crippen LogP contribution in [-0.4, -0.2) is 14.1 Å². The van der Waals surface area contributed by atoms with Gasteiger partial charge in [-0.3, -0.25) is 4.98 Å². The second kappa shape index (κ2) is 11.4. The normalized spacial score (nSPS) is 16.1. The molecule has 1 aliphatic heterocycles. The van der Waals surface area contributed by atoms with E-state index in [-0.39, 0.29) is 5.41 Å². The third kappa shape index (κ3) is 4.04. The van der Waals surface area contributed by atoms with Gasteiger partial charge in [0.25, 0.3) is 0 Å². The van der Waals surface area contributed by atoms with Crippen molar-refractivity contribution in [1.29, 1.82) is 0 Å².